The lowest BCUT2D eigenvalue weighted by molar-refractivity contribution is -0.384. The van der Waals surface area contributed by atoms with Crippen molar-refractivity contribution in [3.8, 4) is 0 Å². The van der Waals surface area contributed by atoms with Gasteiger partial charge in [-0.05, 0) is 19.9 Å². The van der Waals surface area contributed by atoms with Gasteiger partial charge in [-0.2, -0.15) is 0 Å². The highest BCUT2D eigenvalue weighted by Crippen LogP contribution is 2.48. The molecule has 0 amide bonds. The van der Waals surface area contributed by atoms with Gasteiger partial charge in [0.25, 0.3) is 5.69 Å². The molecule has 8 heteroatoms. The standard InChI is InChI=1S/C12H19N2O5P/c1-4-18-20(17,19-5-2)10-13(3)11-7-6-8-12(9-11)14(15)16/h6-9H,4-5,10H2,1-3H3. The zero-order valence-electron chi connectivity index (χ0n) is 11.8. The van der Waals surface area contributed by atoms with E-state index in [1.54, 1.807) is 37.9 Å². The summed E-state index contributed by atoms with van der Waals surface area (Å²) in [6.07, 6.45) is 0.0375. The summed E-state index contributed by atoms with van der Waals surface area (Å²) >= 11 is 0. The number of non-ortho nitro benzene ring substituents is 1. The summed E-state index contributed by atoms with van der Waals surface area (Å²) in [4.78, 5) is 11.9. The van der Waals surface area contributed by atoms with E-state index in [-0.39, 0.29) is 25.2 Å². The maximum Gasteiger partial charge on any atom is 0.349 e. The minimum atomic E-state index is -3.22. The summed E-state index contributed by atoms with van der Waals surface area (Å²) in [7, 11) is -1.54. The van der Waals surface area contributed by atoms with E-state index in [1.807, 2.05) is 0 Å². The molecule has 112 valence electrons. The van der Waals surface area contributed by atoms with Crippen LogP contribution in [-0.2, 0) is 13.6 Å². The number of hydrogen-bond donors (Lipinski definition) is 0. The molecule has 1 aromatic rings. The number of hydrogen-bond acceptors (Lipinski definition) is 6. The van der Waals surface area contributed by atoms with Crippen molar-refractivity contribution in [2.45, 2.75) is 13.8 Å². The molecule has 0 N–H and O–H groups in total. The first-order valence-electron chi connectivity index (χ1n) is 6.25. The van der Waals surface area contributed by atoms with E-state index in [4.69, 9.17) is 9.05 Å². The molecule has 1 rings (SSSR count). The second-order valence-electron chi connectivity index (χ2n) is 4.06. The van der Waals surface area contributed by atoms with E-state index in [0.29, 0.717) is 5.69 Å². The SMILES string of the molecule is CCOP(=O)(CN(C)c1cccc([N+](=O)[O-])c1)OCC. The molecule has 7 nitrogen and oxygen atoms in total. The molecule has 0 saturated heterocycles. The highest BCUT2D eigenvalue weighted by molar-refractivity contribution is 7.53. The Morgan fingerprint density at radius 1 is 1.30 bits per heavy atom. The zero-order valence-corrected chi connectivity index (χ0v) is 12.7. The fourth-order valence-corrected chi connectivity index (χ4v) is 3.41. The molecular formula is C12H19N2O5P. The third-order valence-corrected chi connectivity index (χ3v) is 4.59. The first kappa shape index (κ1) is 16.6. The second kappa shape index (κ2) is 7.38. The second-order valence-corrected chi connectivity index (χ2v) is 6.08. The van der Waals surface area contributed by atoms with E-state index >= 15 is 0 Å². The van der Waals surface area contributed by atoms with Crippen LogP contribution in [-0.4, -0.2) is 31.5 Å². The molecule has 0 aliphatic carbocycles. The van der Waals surface area contributed by atoms with E-state index in [0.717, 1.165) is 0 Å². The smallest absolute Gasteiger partial charge is 0.349 e. The van der Waals surface area contributed by atoms with Gasteiger partial charge in [-0.3, -0.25) is 14.7 Å². The van der Waals surface area contributed by atoms with Crippen LogP contribution in [0.1, 0.15) is 13.8 Å². The molecule has 0 unspecified atom stereocenters. The van der Waals surface area contributed by atoms with Gasteiger partial charge in [0.15, 0.2) is 0 Å². The molecule has 0 saturated carbocycles. The normalized spacial score (nSPS) is 11.3. The number of rotatable bonds is 8. The van der Waals surface area contributed by atoms with Crippen LogP contribution >= 0.6 is 7.60 Å². The van der Waals surface area contributed by atoms with Gasteiger partial charge in [0.2, 0.25) is 0 Å². The van der Waals surface area contributed by atoms with Crippen LogP contribution in [0.4, 0.5) is 11.4 Å². The van der Waals surface area contributed by atoms with Crippen LogP contribution in [0.15, 0.2) is 24.3 Å². The van der Waals surface area contributed by atoms with Gasteiger partial charge in [-0.15, -0.1) is 0 Å². The Hall–Kier alpha value is -1.43. The van der Waals surface area contributed by atoms with Crippen LogP contribution in [0.3, 0.4) is 0 Å². The van der Waals surface area contributed by atoms with Gasteiger partial charge in [-0.25, -0.2) is 0 Å². The fourth-order valence-electron chi connectivity index (χ4n) is 1.70. The first-order valence-corrected chi connectivity index (χ1v) is 7.98. The lowest BCUT2D eigenvalue weighted by Gasteiger charge is -2.24. The third kappa shape index (κ3) is 4.59. The molecule has 0 spiro atoms. The molecule has 0 aliphatic heterocycles. The Morgan fingerprint density at radius 3 is 2.40 bits per heavy atom. The number of benzene rings is 1. The predicted molar refractivity (Wildman–Crippen MR) is 77.2 cm³/mol. The Labute approximate surface area is 118 Å². The van der Waals surface area contributed by atoms with Crippen LogP contribution in [0.25, 0.3) is 0 Å². The molecule has 20 heavy (non-hydrogen) atoms. The van der Waals surface area contributed by atoms with E-state index in [9.17, 15) is 14.7 Å². The summed E-state index contributed by atoms with van der Waals surface area (Å²) in [5.74, 6) is 0. The first-order chi connectivity index (χ1) is 9.41. The molecule has 0 radical (unpaired) electrons. The van der Waals surface area contributed by atoms with Gasteiger partial charge >= 0.3 is 7.60 Å². The molecule has 0 aliphatic rings. The highest BCUT2D eigenvalue weighted by Gasteiger charge is 2.26. The maximum absolute atomic E-state index is 12.4. The summed E-state index contributed by atoms with van der Waals surface area (Å²) < 4.78 is 22.8. The highest BCUT2D eigenvalue weighted by atomic mass is 31.2. The molecule has 0 bridgehead atoms. The largest absolute Gasteiger partial charge is 0.363 e. The van der Waals surface area contributed by atoms with Crippen molar-refractivity contribution in [2.75, 3.05) is 31.4 Å². The van der Waals surface area contributed by atoms with Crippen molar-refractivity contribution in [1.29, 1.82) is 0 Å². The molecule has 0 heterocycles. The number of nitro groups is 1. The number of nitro benzene ring substituents is 1. The Kier molecular flexibility index (Phi) is 6.13. The van der Waals surface area contributed by atoms with Crippen molar-refractivity contribution in [1.82, 2.24) is 0 Å². The predicted octanol–water partition coefficient (Wildman–Crippen LogP) is 3.25. The average Bonchev–Trinajstić information content (AvgIpc) is 2.39. The molecular weight excluding hydrogens is 283 g/mol. The third-order valence-electron chi connectivity index (χ3n) is 2.52. The molecule has 0 fully saturated rings. The lowest BCUT2D eigenvalue weighted by atomic mass is 10.3. The van der Waals surface area contributed by atoms with E-state index in [1.165, 1.54) is 12.1 Å². The fraction of sp³-hybridized carbons (Fsp3) is 0.500. The van der Waals surface area contributed by atoms with Gasteiger partial charge in [-0.1, -0.05) is 6.07 Å². The van der Waals surface area contributed by atoms with E-state index in [2.05, 4.69) is 0 Å². The van der Waals surface area contributed by atoms with Gasteiger partial charge < -0.3 is 13.9 Å². The Balaban J connectivity index is 2.88. The summed E-state index contributed by atoms with van der Waals surface area (Å²) in [6, 6.07) is 6.11. The average molecular weight is 302 g/mol. The van der Waals surface area contributed by atoms with E-state index < -0.39 is 12.5 Å². The summed E-state index contributed by atoms with van der Waals surface area (Å²) in [5, 5.41) is 10.7. The van der Waals surface area contributed by atoms with Crippen molar-refractivity contribution < 1.29 is 18.5 Å². The van der Waals surface area contributed by atoms with Crippen molar-refractivity contribution in [2.24, 2.45) is 0 Å². The Morgan fingerprint density at radius 2 is 1.90 bits per heavy atom. The maximum atomic E-state index is 12.4. The number of nitrogens with zero attached hydrogens (tertiary/aromatic N) is 2. The zero-order chi connectivity index (χ0) is 15.2. The molecule has 1 aromatic carbocycles. The quantitative estimate of drug-likeness (QED) is 0.416. The van der Waals surface area contributed by atoms with Crippen LogP contribution in [0, 0.1) is 10.1 Å². The molecule has 0 atom stereocenters. The topological polar surface area (TPSA) is 81.9 Å². The monoisotopic (exact) mass is 302 g/mol. The van der Waals surface area contributed by atoms with Gasteiger partial charge in [0, 0.05) is 24.9 Å². The van der Waals surface area contributed by atoms with Crippen LogP contribution in [0.5, 0.6) is 0 Å². The summed E-state index contributed by atoms with van der Waals surface area (Å²) in [5.41, 5.74) is 0.566. The minimum absolute atomic E-state index is 0.0167. The van der Waals surface area contributed by atoms with Crippen molar-refractivity contribution in [3.05, 3.63) is 34.4 Å². The van der Waals surface area contributed by atoms with Gasteiger partial charge in [0.1, 0.15) is 6.29 Å². The lowest BCUT2D eigenvalue weighted by Crippen LogP contribution is -2.20. The van der Waals surface area contributed by atoms with Crippen molar-refractivity contribution >= 4 is 19.0 Å². The molecule has 0 aromatic heterocycles. The van der Waals surface area contributed by atoms with Gasteiger partial charge in [0.05, 0.1) is 18.1 Å². The van der Waals surface area contributed by atoms with Crippen molar-refractivity contribution in [3.63, 3.8) is 0 Å². The minimum Gasteiger partial charge on any atom is -0.363 e. The van der Waals surface area contributed by atoms with Crippen LogP contribution in [0.2, 0.25) is 0 Å². The summed E-state index contributed by atoms with van der Waals surface area (Å²) in [6.45, 7) is 4.03. The van der Waals surface area contributed by atoms with Crippen LogP contribution < -0.4 is 4.90 Å². The Bertz CT molecular complexity index is 498. The number of anilines is 1.